The van der Waals surface area contributed by atoms with E-state index in [9.17, 15) is 9.59 Å². The van der Waals surface area contributed by atoms with Crippen LogP contribution in [0.1, 0.15) is 57.1 Å². The van der Waals surface area contributed by atoms with Crippen LogP contribution in [0.5, 0.6) is 0 Å². The van der Waals surface area contributed by atoms with Gasteiger partial charge >= 0.3 is 12.1 Å². The van der Waals surface area contributed by atoms with Crippen LogP contribution in [0.15, 0.2) is 60.7 Å². The number of fused-ring (bicyclic) bond motifs is 2. The zero-order chi connectivity index (χ0) is 25.7. The molecule has 2 aromatic rings. The van der Waals surface area contributed by atoms with Crippen molar-refractivity contribution in [2.24, 2.45) is 5.41 Å². The third-order valence-corrected chi connectivity index (χ3v) is 9.45. The lowest BCUT2D eigenvalue weighted by molar-refractivity contribution is -1.05. The molecule has 4 fully saturated rings. The Kier molecular flexibility index (Phi) is 6.03. The Balaban J connectivity index is 1.28. The minimum absolute atomic E-state index is 0.102. The van der Waals surface area contributed by atoms with E-state index < -0.39 is 24.5 Å². The molecule has 2 heterocycles. The van der Waals surface area contributed by atoms with Gasteiger partial charge in [-0.2, -0.15) is 0 Å². The number of piperidine rings is 2. The molecule has 0 aromatic heterocycles. The van der Waals surface area contributed by atoms with Gasteiger partial charge in [0, 0.05) is 25.7 Å². The van der Waals surface area contributed by atoms with Crippen LogP contribution in [0.3, 0.4) is 0 Å². The summed E-state index contributed by atoms with van der Waals surface area (Å²) in [6.07, 6.45) is 4.64. The quantitative estimate of drug-likeness (QED) is 0.288. The molecule has 4 unspecified atom stereocenters. The Labute approximate surface area is 218 Å². The zero-order valence-electron chi connectivity index (χ0n) is 21.6. The summed E-state index contributed by atoms with van der Waals surface area (Å²) in [5.41, 5.74) is -0.188. The molecule has 6 rings (SSSR count). The van der Waals surface area contributed by atoms with E-state index in [-0.39, 0.29) is 17.6 Å². The first kappa shape index (κ1) is 24.4. The number of esters is 1. The molecule has 4 atom stereocenters. The Morgan fingerprint density at radius 3 is 2.11 bits per heavy atom. The molecule has 37 heavy (non-hydrogen) atoms. The largest absolute Gasteiger partial charge is 0.510 e. The van der Waals surface area contributed by atoms with Gasteiger partial charge in [0.15, 0.2) is 6.79 Å². The van der Waals surface area contributed by atoms with Gasteiger partial charge in [0.1, 0.15) is 23.6 Å². The molecule has 0 radical (unpaired) electrons. The highest BCUT2D eigenvalue weighted by Gasteiger charge is 2.86. The van der Waals surface area contributed by atoms with Gasteiger partial charge < -0.3 is 23.4 Å². The maximum atomic E-state index is 14.3. The van der Waals surface area contributed by atoms with E-state index >= 15 is 0 Å². The highest BCUT2D eigenvalue weighted by atomic mass is 16.8. The maximum absolute atomic E-state index is 14.3. The van der Waals surface area contributed by atoms with Crippen molar-refractivity contribution in [3.05, 3.63) is 71.8 Å². The predicted molar refractivity (Wildman–Crippen MR) is 135 cm³/mol. The van der Waals surface area contributed by atoms with Crippen LogP contribution < -0.4 is 0 Å². The minimum atomic E-state index is -1.58. The average Bonchev–Trinajstić information content (AvgIpc) is 3.34. The molecule has 2 aliphatic heterocycles. The standard InChI is InChI=1S/C30H36NO6/c1-21(2)36-28(33)34-20-35-30(22-11-5-3-6-12-22,23-13-7-4-8-14-23)27(32)37-26-19-25-29(26)16-15-24(29)31(25)17-9-10-18-31/h3-8,11-14,21,24-26H,9-10,15-20H2,1-2H3/q+1. The van der Waals surface area contributed by atoms with Crippen molar-refractivity contribution >= 4 is 12.1 Å². The molecule has 196 valence electrons. The van der Waals surface area contributed by atoms with Gasteiger partial charge in [0.05, 0.1) is 19.2 Å². The SMILES string of the molecule is CC(C)OC(=O)OCOC(C(=O)OC1CC2C13CCC3[N+]21CCCC1)(c1ccccc1)c1ccccc1. The lowest BCUT2D eigenvalue weighted by atomic mass is 9.39. The smallest absolute Gasteiger partial charge is 0.458 e. The molecular formula is C30H36NO6+. The molecule has 7 nitrogen and oxygen atoms in total. The first-order valence-corrected chi connectivity index (χ1v) is 13.6. The van der Waals surface area contributed by atoms with Crippen molar-refractivity contribution in [2.45, 2.75) is 75.8 Å². The van der Waals surface area contributed by atoms with E-state index in [4.69, 9.17) is 18.9 Å². The highest BCUT2D eigenvalue weighted by Crippen LogP contribution is 2.73. The second kappa shape index (κ2) is 9.14. The van der Waals surface area contributed by atoms with Crippen LogP contribution in [0.25, 0.3) is 0 Å². The molecule has 0 amide bonds. The molecule has 2 spiro atoms. The van der Waals surface area contributed by atoms with Gasteiger partial charge in [-0.05, 0) is 31.4 Å². The summed E-state index contributed by atoms with van der Waals surface area (Å²) in [6.45, 7) is 5.59. The van der Waals surface area contributed by atoms with Gasteiger partial charge in [0.2, 0.25) is 5.60 Å². The number of rotatable bonds is 8. The van der Waals surface area contributed by atoms with E-state index in [1.807, 2.05) is 60.7 Å². The van der Waals surface area contributed by atoms with Crippen molar-refractivity contribution in [3.8, 4) is 0 Å². The van der Waals surface area contributed by atoms with E-state index in [0.29, 0.717) is 23.2 Å². The Morgan fingerprint density at radius 1 is 0.973 bits per heavy atom. The van der Waals surface area contributed by atoms with Crippen LogP contribution in [0, 0.1) is 5.41 Å². The van der Waals surface area contributed by atoms with Crippen molar-refractivity contribution in [1.82, 2.24) is 0 Å². The van der Waals surface area contributed by atoms with Crippen molar-refractivity contribution < 1.29 is 33.0 Å². The van der Waals surface area contributed by atoms with E-state index in [1.165, 1.54) is 36.8 Å². The fourth-order valence-corrected chi connectivity index (χ4v) is 7.91. The molecule has 2 aromatic carbocycles. The zero-order valence-corrected chi connectivity index (χ0v) is 21.6. The van der Waals surface area contributed by atoms with Crippen LogP contribution in [-0.2, 0) is 29.3 Å². The van der Waals surface area contributed by atoms with Crippen LogP contribution in [0.2, 0.25) is 0 Å². The molecule has 2 saturated heterocycles. The average molecular weight is 507 g/mol. The summed E-state index contributed by atoms with van der Waals surface area (Å²) in [4.78, 5) is 26.3. The van der Waals surface area contributed by atoms with Crippen molar-refractivity contribution in [3.63, 3.8) is 0 Å². The number of hydrogen-bond acceptors (Lipinski definition) is 6. The first-order valence-electron chi connectivity index (χ1n) is 13.6. The highest BCUT2D eigenvalue weighted by molar-refractivity contribution is 5.86. The summed E-state index contributed by atoms with van der Waals surface area (Å²) >= 11 is 0. The summed E-state index contributed by atoms with van der Waals surface area (Å²) in [5.74, 6) is -0.464. The number of quaternary nitrogens is 1. The van der Waals surface area contributed by atoms with Gasteiger partial charge in [-0.15, -0.1) is 0 Å². The van der Waals surface area contributed by atoms with E-state index in [1.54, 1.807) is 13.8 Å². The maximum Gasteiger partial charge on any atom is 0.510 e. The number of nitrogens with zero attached hydrogens (tertiary/aromatic N) is 1. The van der Waals surface area contributed by atoms with Crippen molar-refractivity contribution in [1.29, 1.82) is 0 Å². The predicted octanol–water partition coefficient (Wildman–Crippen LogP) is 4.92. The monoisotopic (exact) mass is 506 g/mol. The first-order chi connectivity index (χ1) is 17.9. The number of carbonyl (C=O) groups excluding carboxylic acids is 2. The van der Waals surface area contributed by atoms with Gasteiger partial charge in [-0.1, -0.05) is 60.7 Å². The third-order valence-electron chi connectivity index (χ3n) is 9.45. The second-order valence-electron chi connectivity index (χ2n) is 11.3. The summed E-state index contributed by atoms with van der Waals surface area (Å²) < 4.78 is 24.2. The fourth-order valence-electron chi connectivity index (χ4n) is 7.91. The van der Waals surface area contributed by atoms with E-state index in [2.05, 4.69) is 0 Å². The second-order valence-corrected chi connectivity index (χ2v) is 11.3. The molecule has 0 N–H and O–H groups in total. The minimum Gasteiger partial charge on any atom is -0.458 e. The number of hydrogen-bond donors (Lipinski definition) is 0. The van der Waals surface area contributed by atoms with E-state index in [0.717, 1.165) is 12.8 Å². The molecular weight excluding hydrogens is 470 g/mol. The normalized spacial score (nSPS) is 28.8. The van der Waals surface area contributed by atoms with Gasteiger partial charge in [-0.25, -0.2) is 9.59 Å². The summed E-state index contributed by atoms with van der Waals surface area (Å²) in [6, 6.07) is 19.9. The molecule has 0 bridgehead atoms. The Bertz CT molecular complexity index is 1100. The van der Waals surface area contributed by atoms with Crippen molar-refractivity contribution in [2.75, 3.05) is 19.9 Å². The van der Waals surface area contributed by atoms with Crippen LogP contribution in [-0.4, -0.2) is 60.8 Å². The van der Waals surface area contributed by atoms with Gasteiger partial charge in [-0.3, -0.25) is 0 Å². The summed E-state index contributed by atoms with van der Waals surface area (Å²) in [7, 11) is 0. The third kappa shape index (κ3) is 3.54. The molecule has 7 heteroatoms. The van der Waals surface area contributed by atoms with Crippen LogP contribution in [0.4, 0.5) is 4.79 Å². The lowest BCUT2D eigenvalue weighted by Gasteiger charge is -2.80. The Hall–Kier alpha value is -2.90. The molecule has 4 aliphatic rings. The number of ether oxygens (including phenoxy) is 4. The number of carbonyl (C=O) groups is 2. The van der Waals surface area contributed by atoms with Crippen LogP contribution >= 0.6 is 0 Å². The Morgan fingerprint density at radius 2 is 1.59 bits per heavy atom. The molecule has 2 aliphatic carbocycles. The number of benzene rings is 2. The van der Waals surface area contributed by atoms with Gasteiger partial charge in [0.25, 0.3) is 0 Å². The fraction of sp³-hybridized carbons (Fsp3) is 0.533. The molecule has 2 saturated carbocycles. The topological polar surface area (TPSA) is 71.1 Å². The summed E-state index contributed by atoms with van der Waals surface area (Å²) in [5, 5.41) is 0. The lowest BCUT2D eigenvalue weighted by Crippen LogP contribution is -2.94.